The second-order valence-electron chi connectivity index (χ2n) is 12.9. The van der Waals surface area contributed by atoms with Crippen LogP contribution in [0.3, 0.4) is 0 Å². The van der Waals surface area contributed by atoms with Gasteiger partial charge in [-0.3, -0.25) is 24.4 Å². The van der Waals surface area contributed by atoms with Gasteiger partial charge in [-0.15, -0.1) is 35.1 Å². The first-order chi connectivity index (χ1) is 28.2. The van der Waals surface area contributed by atoms with E-state index in [1.165, 1.54) is 83.8 Å². The molecule has 6 aromatic rings. The van der Waals surface area contributed by atoms with Crippen molar-refractivity contribution >= 4 is 93.3 Å². The summed E-state index contributed by atoms with van der Waals surface area (Å²) < 4.78 is 54.8. The first-order valence-electron chi connectivity index (χ1n) is 17.4. The van der Waals surface area contributed by atoms with Crippen LogP contribution < -0.4 is 21.7 Å². The smallest absolute Gasteiger partial charge is 0.347 e. The number of nitrogens with two attached hydrogens (primary N) is 1. The molecule has 4 aromatic carbocycles. The molecule has 2 atom stereocenters. The molecule has 60 heavy (non-hydrogen) atoms. The van der Waals surface area contributed by atoms with E-state index in [1.54, 1.807) is 5.51 Å². The Labute approximate surface area is 363 Å². The van der Waals surface area contributed by atoms with Crippen molar-refractivity contribution in [1.29, 1.82) is 0 Å². The molecule has 2 aliphatic rings. The summed E-state index contributed by atoms with van der Waals surface area (Å²) in [6.07, 6.45) is 4.86. The summed E-state index contributed by atoms with van der Waals surface area (Å²) in [5.41, 5.74) is 12.2. The molecule has 2 aromatic heterocycles. The number of carboxylic acid groups (broad SMARTS) is 1. The lowest BCUT2D eigenvalue weighted by Gasteiger charge is -2.15. The summed E-state index contributed by atoms with van der Waals surface area (Å²) in [6, 6.07) is 12.1. The number of hydrogen-bond donors (Lipinski definition) is 5. The highest BCUT2D eigenvalue weighted by molar-refractivity contribution is 7.11. The average Bonchev–Trinajstić information content (AvgIpc) is 4.04. The second kappa shape index (κ2) is 20.2. The zero-order valence-electron chi connectivity index (χ0n) is 30.6. The minimum absolute atomic E-state index is 0. The molecule has 0 radical (unpaired) electrons. The Balaban J connectivity index is 0.000000194. The van der Waals surface area contributed by atoms with E-state index < -0.39 is 41.3 Å². The standard InChI is InChI=1S/C20H14ClF2N3O2S.C16H13ClF2N2O.C4H3NO2S.ClH/c21-13-7-10(1-4-14(13)22)25-19(27)12-2-5-15(23)18-11(12)3-6-16(18)26-20(28)17-8-24-9-29-17;17-11-7-8(1-4-12(11)18)21-16(22)10-2-5-13(19)15-9(10)3-6-14(15)20;6-4(7)3-1-5-2-8-3;/h1-2,4-5,7-9,16H,3,6H2,(H,25,27)(H,26,28);1-2,4-5,7,14H,3,6,20H2,(H,21,22);1-2H,(H,6,7);1H/t16-;14-;;/m00../s1. The van der Waals surface area contributed by atoms with Crippen LogP contribution in [0.4, 0.5) is 28.9 Å². The van der Waals surface area contributed by atoms with Gasteiger partial charge < -0.3 is 26.8 Å². The predicted octanol–water partition coefficient (Wildman–Crippen LogP) is 9.82. The lowest BCUT2D eigenvalue weighted by molar-refractivity contribution is 0.0701. The van der Waals surface area contributed by atoms with Crippen molar-refractivity contribution in [2.75, 3.05) is 10.6 Å². The van der Waals surface area contributed by atoms with E-state index in [1.807, 2.05) is 0 Å². The van der Waals surface area contributed by atoms with Crippen molar-refractivity contribution in [3.63, 3.8) is 0 Å². The van der Waals surface area contributed by atoms with E-state index in [2.05, 4.69) is 25.9 Å². The molecule has 0 spiro atoms. The number of nitrogens with zero attached hydrogens (tertiary/aromatic N) is 2. The number of nitrogens with one attached hydrogen (secondary N) is 3. The van der Waals surface area contributed by atoms with Gasteiger partial charge in [0.1, 0.15) is 33.0 Å². The number of amides is 3. The van der Waals surface area contributed by atoms with Gasteiger partial charge in [-0.2, -0.15) is 0 Å². The maximum Gasteiger partial charge on any atom is 0.347 e. The average molecular weight is 922 g/mol. The summed E-state index contributed by atoms with van der Waals surface area (Å²) in [5, 5.41) is 16.1. The van der Waals surface area contributed by atoms with E-state index in [-0.39, 0.29) is 45.1 Å². The Morgan fingerprint density at radius 3 is 1.60 bits per heavy atom. The van der Waals surface area contributed by atoms with Crippen molar-refractivity contribution in [1.82, 2.24) is 15.3 Å². The molecule has 2 aliphatic carbocycles. The van der Waals surface area contributed by atoms with E-state index >= 15 is 0 Å². The van der Waals surface area contributed by atoms with Gasteiger partial charge in [0, 0.05) is 39.7 Å². The number of carbonyl (C=O) groups is 4. The quantitative estimate of drug-likeness (QED) is 0.0984. The lowest BCUT2D eigenvalue weighted by atomic mass is 10.0. The van der Waals surface area contributed by atoms with E-state index in [0.717, 1.165) is 17.4 Å². The van der Waals surface area contributed by atoms with Gasteiger partial charge in [0.25, 0.3) is 17.7 Å². The molecule has 0 bridgehead atoms. The lowest BCUT2D eigenvalue weighted by Crippen LogP contribution is -2.27. The van der Waals surface area contributed by atoms with E-state index in [9.17, 15) is 36.7 Å². The number of carboxylic acids is 1. The third kappa shape index (κ3) is 10.7. The Bertz CT molecular complexity index is 2550. The molecule has 20 heteroatoms. The first-order valence-corrected chi connectivity index (χ1v) is 19.9. The van der Waals surface area contributed by atoms with Gasteiger partial charge in [-0.1, -0.05) is 23.2 Å². The summed E-state index contributed by atoms with van der Waals surface area (Å²) in [4.78, 5) is 55.6. The predicted molar refractivity (Wildman–Crippen MR) is 224 cm³/mol. The van der Waals surface area contributed by atoms with Crippen LogP contribution in [-0.4, -0.2) is 38.8 Å². The largest absolute Gasteiger partial charge is 0.477 e. The summed E-state index contributed by atoms with van der Waals surface area (Å²) in [6.45, 7) is 0. The highest BCUT2D eigenvalue weighted by Crippen LogP contribution is 2.37. The minimum Gasteiger partial charge on any atom is -0.477 e. The van der Waals surface area contributed by atoms with Crippen LogP contribution in [-0.2, 0) is 12.8 Å². The molecule has 8 rings (SSSR count). The molecular weight excluding hydrogens is 891 g/mol. The van der Waals surface area contributed by atoms with Crippen molar-refractivity contribution in [3.05, 3.63) is 161 Å². The highest BCUT2D eigenvalue weighted by Gasteiger charge is 2.32. The summed E-state index contributed by atoms with van der Waals surface area (Å²) >= 11 is 13.7. The number of aromatic nitrogens is 2. The minimum atomic E-state index is -0.910. The number of aromatic carboxylic acids is 1. The van der Waals surface area contributed by atoms with Crippen molar-refractivity contribution in [2.45, 2.75) is 37.8 Å². The number of rotatable bonds is 7. The zero-order chi connectivity index (χ0) is 42.4. The van der Waals surface area contributed by atoms with E-state index in [0.29, 0.717) is 75.3 Å². The van der Waals surface area contributed by atoms with Gasteiger partial charge in [0.15, 0.2) is 0 Å². The van der Waals surface area contributed by atoms with Gasteiger partial charge in [-0.05, 0) is 97.5 Å². The van der Waals surface area contributed by atoms with Gasteiger partial charge in [0.2, 0.25) is 0 Å². The number of hydrogen-bond acceptors (Lipinski definition) is 9. The SMILES string of the molecule is Cl.N[C@H]1CCc2c(C(=O)Nc3ccc(F)c(Cl)c3)ccc(F)c21.O=C(N[C@H]1CCc2c(C(=O)Nc3ccc(F)c(Cl)c3)ccc(F)c21)c1cncs1.O=C(O)c1cncs1. The van der Waals surface area contributed by atoms with Crippen LogP contribution >= 0.6 is 58.3 Å². The summed E-state index contributed by atoms with van der Waals surface area (Å²) in [5.74, 6) is -4.12. The number of benzene rings is 4. The number of thiazole rings is 2. The molecule has 3 amide bonds. The fourth-order valence-electron chi connectivity index (χ4n) is 6.46. The molecule has 0 fully saturated rings. The normalized spacial score (nSPS) is 14.5. The molecule has 11 nitrogen and oxygen atoms in total. The maximum atomic E-state index is 14.5. The third-order valence-electron chi connectivity index (χ3n) is 9.16. The topological polar surface area (TPSA) is 176 Å². The zero-order valence-corrected chi connectivity index (χ0v) is 34.6. The van der Waals surface area contributed by atoms with Crippen molar-refractivity contribution in [3.8, 4) is 0 Å². The van der Waals surface area contributed by atoms with Gasteiger partial charge in [0.05, 0.1) is 39.5 Å². The fraction of sp³-hybridized carbons (Fsp3) is 0.150. The molecule has 0 aliphatic heterocycles. The molecule has 0 saturated heterocycles. The van der Waals surface area contributed by atoms with Crippen molar-refractivity contribution in [2.24, 2.45) is 5.73 Å². The Kier molecular flexibility index (Phi) is 15.4. The molecule has 0 saturated carbocycles. The van der Waals surface area contributed by atoms with Gasteiger partial charge in [-0.25, -0.2) is 22.4 Å². The number of anilines is 2. The number of fused-ring (bicyclic) bond motifs is 2. The van der Waals surface area contributed by atoms with Crippen LogP contribution in [0.25, 0.3) is 0 Å². The van der Waals surface area contributed by atoms with Crippen LogP contribution in [0.1, 0.15) is 87.2 Å². The molecule has 6 N–H and O–H groups in total. The first kappa shape index (κ1) is 45.7. The Morgan fingerprint density at radius 2 is 1.13 bits per heavy atom. The molecule has 0 unspecified atom stereocenters. The van der Waals surface area contributed by atoms with Gasteiger partial charge >= 0.3 is 5.97 Å². The third-order valence-corrected chi connectivity index (χ3v) is 11.3. The number of carbonyl (C=O) groups excluding carboxylic acids is 3. The van der Waals surface area contributed by atoms with Crippen LogP contribution in [0.5, 0.6) is 0 Å². The molecule has 2 heterocycles. The van der Waals surface area contributed by atoms with Crippen molar-refractivity contribution < 1.29 is 41.8 Å². The van der Waals surface area contributed by atoms with Crippen LogP contribution in [0.2, 0.25) is 10.0 Å². The van der Waals surface area contributed by atoms with Crippen LogP contribution in [0.15, 0.2) is 84.1 Å². The molecule has 312 valence electrons. The highest BCUT2D eigenvalue weighted by atomic mass is 35.5. The number of halogens is 7. The van der Waals surface area contributed by atoms with Crippen LogP contribution in [0, 0.1) is 23.3 Å². The molecular formula is C40H31Cl3F4N6O5S2. The Morgan fingerprint density at radius 1 is 0.667 bits per heavy atom. The Hall–Kier alpha value is -5.43. The fourth-order valence-corrected chi connectivity index (χ4v) is 7.80. The monoisotopic (exact) mass is 920 g/mol. The van der Waals surface area contributed by atoms with E-state index in [4.69, 9.17) is 34.0 Å². The summed E-state index contributed by atoms with van der Waals surface area (Å²) in [7, 11) is 0. The maximum absolute atomic E-state index is 14.5. The second-order valence-corrected chi connectivity index (χ2v) is 15.5.